The van der Waals surface area contributed by atoms with Gasteiger partial charge in [0.25, 0.3) is 5.91 Å². The van der Waals surface area contributed by atoms with E-state index in [4.69, 9.17) is 0 Å². The number of carbonyl (C=O) groups excluding carboxylic acids is 1. The molecule has 3 rings (SSSR count). The van der Waals surface area contributed by atoms with Crippen LogP contribution in [0, 0.1) is 0 Å². The van der Waals surface area contributed by atoms with Crippen LogP contribution in [-0.4, -0.2) is 33.9 Å². The fraction of sp³-hybridized carbons (Fsp3) is 0.353. The van der Waals surface area contributed by atoms with E-state index >= 15 is 0 Å². The van der Waals surface area contributed by atoms with E-state index in [0.717, 1.165) is 37.2 Å². The molecule has 1 N–H and O–H groups in total. The van der Waals surface area contributed by atoms with Crippen molar-refractivity contribution in [3.05, 3.63) is 54.1 Å². The quantitative estimate of drug-likeness (QED) is 0.942. The molecule has 5 nitrogen and oxygen atoms in total. The first-order chi connectivity index (χ1) is 10.8. The van der Waals surface area contributed by atoms with Gasteiger partial charge in [0.15, 0.2) is 0 Å². The van der Waals surface area contributed by atoms with Crippen molar-refractivity contribution in [2.24, 2.45) is 0 Å². The summed E-state index contributed by atoms with van der Waals surface area (Å²) >= 11 is 0. The minimum Gasteiger partial charge on any atom is -0.381 e. The summed E-state index contributed by atoms with van der Waals surface area (Å²) in [5.41, 5.74) is 2.57. The zero-order chi connectivity index (χ0) is 15.2. The maximum absolute atomic E-state index is 12.5. The van der Waals surface area contributed by atoms with E-state index in [0.29, 0.717) is 12.2 Å². The highest BCUT2D eigenvalue weighted by molar-refractivity contribution is 5.93. The minimum atomic E-state index is 0.0345. The fourth-order valence-electron chi connectivity index (χ4n) is 2.62. The van der Waals surface area contributed by atoms with Gasteiger partial charge in [-0.3, -0.25) is 14.8 Å². The molecule has 22 heavy (non-hydrogen) atoms. The number of nitrogens with zero attached hydrogens (tertiary/aromatic N) is 3. The molecule has 2 aromatic heterocycles. The van der Waals surface area contributed by atoms with E-state index in [2.05, 4.69) is 15.3 Å². The predicted molar refractivity (Wildman–Crippen MR) is 85.6 cm³/mol. The molecular formula is C17H20N4O. The predicted octanol–water partition coefficient (Wildman–Crippen LogP) is 2.71. The third-order valence-corrected chi connectivity index (χ3v) is 3.87. The first kappa shape index (κ1) is 14.5. The minimum absolute atomic E-state index is 0.0345. The van der Waals surface area contributed by atoms with Crippen LogP contribution in [0.15, 0.2) is 42.9 Å². The van der Waals surface area contributed by atoms with Crippen molar-refractivity contribution in [1.29, 1.82) is 0 Å². The normalized spacial score (nSPS) is 14.6. The van der Waals surface area contributed by atoms with Crippen molar-refractivity contribution >= 4 is 11.6 Å². The topological polar surface area (TPSA) is 58.1 Å². The zero-order valence-corrected chi connectivity index (χ0v) is 12.5. The molecule has 0 spiro atoms. The monoisotopic (exact) mass is 296 g/mol. The molecule has 0 unspecified atom stereocenters. The van der Waals surface area contributed by atoms with Crippen molar-refractivity contribution in [3.8, 4) is 0 Å². The van der Waals surface area contributed by atoms with Crippen LogP contribution in [0.2, 0.25) is 0 Å². The summed E-state index contributed by atoms with van der Waals surface area (Å²) < 4.78 is 0. The number of likely N-dealkylation sites (tertiary alicyclic amines) is 1. The van der Waals surface area contributed by atoms with E-state index in [1.54, 1.807) is 18.6 Å². The van der Waals surface area contributed by atoms with Gasteiger partial charge in [-0.05, 0) is 49.1 Å². The Morgan fingerprint density at radius 1 is 1.09 bits per heavy atom. The van der Waals surface area contributed by atoms with Crippen molar-refractivity contribution < 1.29 is 4.79 Å². The lowest BCUT2D eigenvalue weighted by Crippen LogP contribution is -2.36. The van der Waals surface area contributed by atoms with Gasteiger partial charge in [0.05, 0.1) is 0 Å². The van der Waals surface area contributed by atoms with Crippen LogP contribution in [0.3, 0.4) is 0 Å². The van der Waals surface area contributed by atoms with Gasteiger partial charge in [-0.2, -0.15) is 0 Å². The number of anilines is 1. The first-order valence-corrected chi connectivity index (χ1v) is 7.71. The van der Waals surface area contributed by atoms with Gasteiger partial charge < -0.3 is 10.2 Å². The molecular weight excluding hydrogens is 276 g/mol. The van der Waals surface area contributed by atoms with Crippen molar-refractivity contribution in [1.82, 2.24) is 14.9 Å². The molecule has 1 fully saturated rings. The lowest BCUT2D eigenvalue weighted by atomic mass is 10.1. The number of carbonyl (C=O) groups is 1. The van der Waals surface area contributed by atoms with E-state index in [-0.39, 0.29) is 5.91 Å². The molecule has 0 aliphatic carbocycles. The molecule has 0 bridgehead atoms. The average Bonchev–Trinajstić information content (AvgIpc) is 2.61. The highest BCUT2D eigenvalue weighted by Gasteiger charge is 2.19. The Morgan fingerprint density at radius 3 is 2.64 bits per heavy atom. The molecule has 0 saturated carbocycles. The van der Waals surface area contributed by atoms with Crippen LogP contribution in [-0.2, 0) is 6.54 Å². The molecule has 2 aromatic rings. The number of hydrogen-bond acceptors (Lipinski definition) is 4. The Kier molecular flexibility index (Phi) is 4.63. The lowest BCUT2D eigenvalue weighted by molar-refractivity contribution is 0.0718. The van der Waals surface area contributed by atoms with Crippen molar-refractivity contribution in [2.45, 2.75) is 25.8 Å². The van der Waals surface area contributed by atoms with E-state index in [1.165, 1.54) is 6.42 Å². The van der Waals surface area contributed by atoms with Gasteiger partial charge >= 0.3 is 0 Å². The number of nitrogens with one attached hydrogen (secondary N) is 1. The van der Waals surface area contributed by atoms with Crippen LogP contribution < -0.4 is 5.32 Å². The standard InChI is InChI=1S/C17H20N4O/c22-17(21-10-2-1-3-11-21)16-12-15(6-9-19-16)20-13-14-4-7-18-8-5-14/h4-9,12H,1-3,10-11,13H2,(H,19,20). The smallest absolute Gasteiger partial charge is 0.272 e. The second-order valence-electron chi connectivity index (χ2n) is 5.49. The molecule has 1 saturated heterocycles. The molecule has 0 radical (unpaired) electrons. The summed E-state index contributed by atoms with van der Waals surface area (Å²) in [7, 11) is 0. The van der Waals surface area contributed by atoms with Gasteiger partial charge in [-0.25, -0.2) is 0 Å². The fourth-order valence-corrected chi connectivity index (χ4v) is 2.62. The number of amides is 1. The largest absolute Gasteiger partial charge is 0.381 e. The molecule has 0 aromatic carbocycles. The Labute approximate surface area is 130 Å². The van der Waals surface area contributed by atoms with Gasteiger partial charge in [0.2, 0.25) is 0 Å². The Morgan fingerprint density at radius 2 is 1.86 bits per heavy atom. The van der Waals surface area contributed by atoms with E-state index in [1.807, 2.05) is 29.2 Å². The highest BCUT2D eigenvalue weighted by atomic mass is 16.2. The number of hydrogen-bond donors (Lipinski definition) is 1. The summed E-state index contributed by atoms with van der Waals surface area (Å²) in [6.45, 7) is 2.38. The molecule has 114 valence electrons. The van der Waals surface area contributed by atoms with E-state index < -0.39 is 0 Å². The molecule has 1 aliphatic rings. The molecule has 3 heterocycles. The van der Waals surface area contributed by atoms with E-state index in [9.17, 15) is 4.79 Å². The Balaban J connectivity index is 1.65. The summed E-state index contributed by atoms with van der Waals surface area (Å²) in [6.07, 6.45) is 8.62. The number of piperidine rings is 1. The van der Waals surface area contributed by atoms with Crippen LogP contribution in [0.5, 0.6) is 0 Å². The van der Waals surface area contributed by atoms with Crippen molar-refractivity contribution in [3.63, 3.8) is 0 Å². The molecule has 0 atom stereocenters. The lowest BCUT2D eigenvalue weighted by Gasteiger charge is -2.26. The Hall–Kier alpha value is -2.43. The third-order valence-electron chi connectivity index (χ3n) is 3.87. The van der Waals surface area contributed by atoms with Crippen molar-refractivity contribution in [2.75, 3.05) is 18.4 Å². The summed E-state index contributed by atoms with van der Waals surface area (Å²) in [5.74, 6) is 0.0345. The van der Waals surface area contributed by atoms with Gasteiger partial charge in [0, 0.05) is 43.9 Å². The Bertz CT molecular complexity index is 624. The number of aromatic nitrogens is 2. The molecule has 1 amide bonds. The SMILES string of the molecule is O=C(c1cc(NCc2ccncc2)ccn1)N1CCCCC1. The van der Waals surface area contributed by atoms with Gasteiger partial charge in [0.1, 0.15) is 5.69 Å². The third kappa shape index (κ3) is 3.61. The van der Waals surface area contributed by atoms with Gasteiger partial charge in [-0.1, -0.05) is 0 Å². The van der Waals surface area contributed by atoms with Gasteiger partial charge in [-0.15, -0.1) is 0 Å². The second kappa shape index (κ2) is 7.02. The average molecular weight is 296 g/mol. The van der Waals surface area contributed by atoms with Crippen LogP contribution in [0.4, 0.5) is 5.69 Å². The maximum atomic E-state index is 12.5. The van der Waals surface area contributed by atoms with Crippen LogP contribution in [0.1, 0.15) is 35.3 Å². The summed E-state index contributed by atoms with van der Waals surface area (Å²) in [4.78, 5) is 22.6. The second-order valence-corrected chi connectivity index (χ2v) is 5.49. The summed E-state index contributed by atoms with van der Waals surface area (Å²) in [6, 6.07) is 7.65. The zero-order valence-electron chi connectivity index (χ0n) is 12.5. The molecule has 5 heteroatoms. The first-order valence-electron chi connectivity index (χ1n) is 7.71. The maximum Gasteiger partial charge on any atom is 0.272 e. The summed E-state index contributed by atoms with van der Waals surface area (Å²) in [5, 5.41) is 3.32. The van der Waals surface area contributed by atoms with Crippen LogP contribution in [0.25, 0.3) is 0 Å². The highest BCUT2D eigenvalue weighted by Crippen LogP contribution is 2.15. The number of rotatable bonds is 4. The van der Waals surface area contributed by atoms with Crippen LogP contribution >= 0.6 is 0 Å². The molecule has 1 aliphatic heterocycles. The number of pyridine rings is 2.